The Labute approximate surface area is 123 Å². The van der Waals surface area contributed by atoms with Crippen LogP contribution in [0.15, 0.2) is 0 Å². The number of thioether (sulfide) groups is 1. The fraction of sp³-hybridized carbons (Fsp3) is 0.769. The van der Waals surface area contributed by atoms with Crippen LogP contribution in [0.1, 0.15) is 27.2 Å². The molecule has 0 bridgehead atoms. The Balaban J connectivity index is 2.53. The summed E-state index contributed by atoms with van der Waals surface area (Å²) in [7, 11) is 0. The molecule has 1 heterocycles. The molecular formula is C13H22N2O4S. The van der Waals surface area contributed by atoms with E-state index in [0.29, 0.717) is 18.1 Å². The number of aliphatic carboxylic acids is 1. The maximum atomic E-state index is 12.1. The van der Waals surface area contributed by atoms with E-state index in [1.54, 1.807) is 0 Å². The van der Waals surface area contributed by atoms with Crippen molar-refractivity contribution in [3.63, 3.8) is 0 Å². The monoisotopic (exact) mass is 302 g/mol. The minimum absolute atomic E-state index is 0.110. The van der Waals surface area contributed by atoms with Crippen LogP contribution in [0.5, 0.6) is 0 Å². The quantitative estimate of drug-likeness (QED) is 0.757. The molecule has 0 aliphatic carbocycles. The van der Waals surface area contributed by atoms with Crippen LogP contribution in [-0.2, 0) is 14.4 Å². The van der Waals surface area contributed by atoms with Crippen LogP contribution in [0.4, 0.5) is 0 Å². The lowest BCUT2D eigenvalue weighted by atomic mass is 9.97. The third-order valence-electron chi connectivity index (χ3n) is 3.22. The van der Waals surface area contributed by atoms with Gasteiger partial charge in [0.25, 0.3) is 0 Å². The van der Waals surface area contributed by atoms with Gasteiger partial charge in [0.15, 0.2) is 0 Å². The van der Waals surface area contributed by atoms with Crippen molar-refractivity contribution in [2.45, 2.75) is 33.2 Å². The number of carboxylic acid groups (broad SMARTS) is 1. The summed E-state index contributed by atoms with van der Waals surface area (Å²) in [5.41, 5.74) is 0. The van der Waals surface area contributed by atoms with E-state index in [-0.39, 0.29) is 24.3 Å². The highest BCUT2D eigenvalue weighted by Gasteiger charge is 2.33. The smallest absolute Gasteiger partial charge is 0.308 e. The van der Waals surface area contributed by atoms with Gasteiger partial charge in [0.2, 0.25) is 11.8 Å². The normalized spacial score (nSPS) is 20.0. The average molecular weight is 302 g/mol. The number of hydrogen-bond donors (Lipinski definition) is 2. The van der Waals surface area contributed by atoms with E-state index in [1.807, 2.05) is 13.8 Å². The molecule has 0 aromatic rings. The Morgan fingerprint density at radius 2 is 2.05 bits per heavy atom. The first-order valence-corrected chi connectivity index (χ1v) is 7.83. The van der Waals surface area contributed by atoms with E-state index < -0.39 is 17.9 Å². The van der Waals surface area contributed by atoms with Crippen LogP contribution >= 0.6 is 11.8 Å². The summed E-state index contributed by atoms with van der Waals surface area (Å²) in [6.45, 7) is 5.44. The van der Waals surface area contributed by atoms with Crippen molar-refractivity contribution in [2.75, 3.05) is 18.2 Å². The number of carboxylic acids is 1. The van der Waals surface area contributed by atoms with Crippen molar-refractivity contribution < 1.29 is 19.5 Å². The van der Waals surface area contributed by atoms with Crippen LogP contribution < -0.4 is 5.32 Å². The molecule has 1 saturated heterocycles. The summed E-state index contributed by atoms with van der Waals surface area (Å²) in [5, 5.41) is 11.8. The van der Waals surface area contributed by atoms with Crippen molar-refractivity contribution in [3.8, 4) is 0 Å². The number of carbonyl (C=O) groups excluding carboxylic acids is 2. The van der Waals surface area contributed by atoms with Crippen molar-refractivity contribution in [3.05, 3.63) is 0 Å². The molecule has 0 radical (unpaired) electrons. The second kappa shape index (κ2) is 7.52. The van der Waals surface area contributed by atoms with Gasteiger partial charge in [0, 0.05) is 19.2 Å². The molecule has 2 N–H and O–H groups in total. The standard InChI is InChI=1S/C13H22N2O4S/c1-8(2)4-10(13(18)19)5-14-12(17)11-6-20-7-15(11)9(3)16/h8,10-11H,4-7H2,1-3H3,(H,14,17)(H,18,19)/t10-,11-/m0/s1. The summed E-state index contributed by atoms with van der Waals surface area (Å²) in [6.07, 6.45) is 0.519. The molecule has 0 saturated carbocycles. The van der Waals surface area contributed by atoms with E-state index in [0.717, 1.165) is 0 Å². The molecule has 2 atom stereocenters. The third kappa shape index (κ3) is 4.70. The molecule has 1 rings (SSSR count). The van der Waals surface area contributed by atoms with Gasteiger partial charge in [-0.1, -0.05) is 13.8 Å². The van der Waals surface area contributed by atoms with E-state index in [1.165, 1.54) is 23.6 Å². The fourth-order valence-electron chi connectivity index (χ4n) is 2.15. The molecule has 1 fully saturated rings. The second-order valence-electron chi connectivity index (χ2n) is 5.41. The van der Waals surface area contributed by atoms with Gasteiger partial charge in [0.05, 0.1) is 11.8 Å². The first-order valence-electron chi connectivity index (χ1n) is 6.68. The number of rotatable bonds is 6. The first kappa shape index (κ1) is 16.8. The molecule has 1 aliphatic heterocycles. The Hall–Kier alpha value is -1.24. The van der Waals surface area contributed by atoms with Crippen LogP contribution in [-0.4, -0.2) is 52.0 Å². The summed E-state index contributed by atoms with van der Waals surface area (Å²) < 4.78 is 0. The molecule has 0 unspecified atom stereocenters. The number of hydrogen-bond acceptors (Lipinski definition) is 4. The number of amides is 2. The number of nitrogens with one attached hydrogen (secondary N) is 1. The fourth-order valence-corrected chi connectivity index (χ4v) is 3.37. The first-order chi connectivity index (χ1) is 9.32. The van der Waals surface area contributed by atoms with E-state index in [4.69, 9.17) is 5.11 Å². The summed E-state index contributed by atoms with van der Waals surface area (Å²) in [6, 6.07) is -0.481. The summed E-state index contributed by atoms with van der Waals surface area (Å²) in [4.78, 5) is 36.1. The Morgan fingerprint density at radius 1 is 1.40 bits per heavy atom. The number of nitrogens with zero attached hydrogens (tertiary/aromatic N) is 1. The zero-order chi connectivity index (χ0) is 15.3. The van der Waals surface area contributed by atoms with E-state index in [2.05, 4.69) is 5.32 Å². The van der Waals surface area contributed by atoms with Crippen molar-refractivity contribution in [1.82, 2.24) is 10.2 Å². The van der Waals surface area contributed by atoms with Gasteiger partial charge in [-0.2, -0.15) is 0 Å². The molecule has 2 amide bonds. The largest absolute Gasteiger partial charge is 0.481 e. The Bertz CT molecular complexity index is 387. The highest BCUT2D eigenvalue weighted by atomic mass is 32.2. The van der Waals surface area contributed by atoms with Crippen molar-refractivity contribution in [2.24, 2.45) is 11.8 Å². The van der Waals surface area contributed by atoms with Crippen LogP contribution in [0.25, 0.3) is 0 Å². The second-order valence-corrected chi connectivity index (χ2v) is 6.41. The Kier molecular flexibility index (Phi) is 6.32. The predicted molar refractivity (Wildman–Crippen MR) is 77.2 cm³/mol. The Morgan fingerprint density at radius 3 is 2.55 bits per heavy atom. The SMILES string of the molecule is CC(=O)N1CSC[C@H]1C(=O)NC[C@H](CC(C)C)C(=O)O. The molecule has 0 aromatic heterocycles. The van der Waals surface area contributed by atoms with Gasteiger partial charge < -0.3 is 15.3 Å². The summed E-state index contributed by atoms with van der Waals surface area (Å²) >= 11 is 1.53. The lowest BCUT2D eigenvalue weighted by Gasteiger charge is -2.22. The van der Waals surface area contributed by atoms with E-state index >= 15 is 0 Å². The molecular weight excluding hydrogens is 280 g/mol. The van der Waals surface area contributed by atoms with Crippen molar-refractivity contribution >= 4 is 29.5 Å². The minimum atomic E-state index is -0.900. The highest BCUT2D eigenvalue weighted by Crippen LogP contribution is 2.21. The van der Waals surface area contributed by atoms with Gasteiger partial charge >= 0.3 is 5.97 Å². The van der Waals surface area contributed by atoms with Gasteiger partial charge in [-0.25, -0.2) is 0 Å². The molecule has 114 valence electrons. The minimum Gasteiger partial charge on any atom is -0.481 e. The average Bonchev–Trinajstić information content (AvgIpc) is 2.82. The van der Waals surface area contributed by atoms with Gasteiger partial charge in [0.1, 0.15) is 6.04 Å². The zero-order valence-corrected chi connectivity index (χ0v) is 12.9. The molecule has 6 nitrogen and oxygen atoms in total. The van der Waals surface area contributed by atoms with E-state index in [9.17, 15) is 14.4 Å². The van der Waals surface area contributed by atoms with Crippen LogP contribution in [0.2, 0.25) is 0 Å². The lowest BCUT2D eigenvalue weighted by molar-refractivity contribution is -0.142. The van der Waals surface area contributed by atoms with Gasteiger partial charge in [-0.05, 0) is 12.3 Å². The predicted octanol–water partition coefficient (Wildman–Crippen LogP) is 0.771. The number of carbonyl (C=O) groups is 3. The molecule has 20 heavy (non-hydrogen) atoms. The third-order valence-corrected chi connectivity index (χ3v) is 4.23. The lowest BCUT2D eigenvalue weighted by Crippen LogP contribution is -2.48. The zero-order valence-electron chi connectivity index (χ0n) is 12.1. The molecule has 0 aromatic carbocycles. The maximum Gasteiger partial charge on any atom is 0.308 e. The van der Waals surface area contributed by atoms with Gasteiger partial charge in [-0.3, -0.25) is 14.4 Å². The summed E-state index contributed by atoms with van der Waals surface area (Å²) in [5.74, 6) is -0.548. The topological polar surface area (TPSA) is 86.7 Å². The van der Waals surface area contributed by atoms with Crippen LogP contribution in [0, 0.1) is 11.8 Å². The molecule has 7 heteroatoms. The van der Waals surface area contributed by atoms with Gasteiger partial charge in [-0.15, -0.1) is 11.8 Å². The molecule has 1 aliphatic rings. The highest BCUT2D eigenvalue weighted by molar-refractivity contribution is 7.99. The maximum absolute atomic E-state index is 12.1. The molecule has 0 spiro atoms. The van der Waals surface area contributed by atoms with Crippen LogP contribution in [0.3, 0.4) is 0 Å². The van der Waals surface area contributed by atoms with Crippen molar-refractivity contribution in [1.29, 1.82) is 0 Å².